The fourth-order valence-corrected chi connectivity index (χ4v) is 3.22. The predicted octanol–water partition coefficient (Wildman–Crippen LogP) is 3.97. The monoisotopic (exact) mass is 324 g/mol. The summed E-state index contributed by atoms with van der Waals surface area (Å²) in [6, 6.07) is 9.17. The van der Waals surface area contributed by atoms with Gasteiger partial charge in [0, 0.05) is 29.1 Å². The lowest BCUT2D eigenvalue weighted by atomic mass is 9.97. The smallest absolute Gasteiger partial charge is 0.0321 e. The molecule has 2 rings (SSSR count). The normalized spacial score (nSPS) is 26.9. The van der Waals surface area contributed by atoms with Crippen molar-refractivity contribution in [3.63, 3.8) is 0 Å². The van der Waals surface area contributed by atoms with Crippen molar-refractivity contribution in [2.75, 3.05) is 19.6 Å². The van der Waals surface area contributed by atoms with Crippen molar-refractivity contribution >= 4 is 15.9 Å². The van der Waals surface area contributed by atoms with E-state index in [-0.39, 0.29) is 5.54 Å². The first-order chi connectivity index (χ1) is 9.04. The summed E-state index contributed by atoms with van der Waals surface area (Å²) in [7, 11) is 0. The first kappa shape index (κ1) is 15.0. The van der Waals surface area contributed by atoms with Crippen molar-refractivity contribution in [1.29, 1.82) is 0 Å². The molecule has 2 nitrogen and oxygen atoms in total. The van der Waals surface area contributed by atoms with Crippen LogP contribution in [0.25, 0.3) is 0 Å². The fourth-order valence-electron chi connectivity index (χ4n) is 2.80. The third kappa shape index (κ3) is 3.80. The summed E-state index contributed by atoms with van der Waals surface area (Å²) in [5.41, 5.74) is 1.64. The molecule has 3 heteroatoms. The van der Waals surface area contributed by atoms with E-state index in [4.69, 9.17) is 0 Å². The summed E-state index contributed by atoms with van der Waals surface area (Å²) in [4.78, 5) is 2.62. The van der Waals surface area contributed by atoms with Crippen LogP contribution in [0.15, 0.2) is 28.7 Å². The number of halogens is 1. The quantitative estimate of drug-likeness (QED) is 0.904. The lowest BCUT2D eigenvalue weighted by Crippen LogP contribution is -2.48. The van der Waals surface area contributed by atoms with Gasteiger partial charge in [0.2, 0.25) is 0 Å². The van der Waals surface area contributed by atoms with E-state index in [0.717, 1.165) is 13.1 Å². The zero-order chi connectivity index (χ0) is 13.9. The SMILES string of the molecule is CCC1(C)CN(C(C)c2cccc(Br)c2)CCCN1. The van der Waals surface area contributed by atoms with Crippen LogP contribution in [0.5, 0.6) is 0 Å². The van der Waals surface area contributed by atoms with Gasteiger partial charge in [-0.3, -0.25) is 4.90 Å². The molecule has 0 spiro atoms. The molecule has 0 bridgehead atoms. The van der Waals surface area contributed by atoms with Crippen molar-refractivity contribution in [2.24, 2.45) is 0 Å². The average Bonchev–Trinajstić information content (AvgIpc) is 2.61. The second kappa shape index (κ2) is 6.38. The second-order valence-electron chi connectivity index (χ2n) is 5.90. The maximum atomic E-state index is 3.70. The Morgan fingerprint density at radius 3 is 2.95 bits per heavy atom. The highest BCUT2D eigenvalue weighted by Gasteiger charge is 2.29. The Morgan fingerprint density at radius 1 is 1.47 bits per heavy atom. The van der Waals surface area contributed by atoms with Gasteiger partial charge < -0.3 is 5.32 Å². The zero-order valence-electron chi connectivity index (χ0n) is 12.2. The van der Waals surface area contributed by atoms with E-state index < -0.39 is 0 Å². The van der Waals surface area contributed by atoms with Crippen molar-refractivity contribution in [3.05, 3.63) is 34.3 Å². The Labute approximate surface area is 125 Å². The van der Waals surface area contributed by atoms with Gasteiger partial charge in [-0.1, -0.05) is 35.0 Å². The van der Waals surface area contributed by atoms with Gasteiger partial charge in [-0.15, -0.1) is 0 Å². The van der Waals surface area contributed by atoms with Crippen LogP contribution in [0.1, 0.15) is 45.2 Å². The Balaban J connectivity index is 2.15. The zero-order valence-corrected chi connectivity index (χ0v) is 13.8. The van der Waals surface area contributed by atoms with Gasteiger partial charge in [-0.05, 0) is 50.9 Å². The van der Waals surface area contributed by atoms with E-state index in [1.54, 1.807) is 0 Å². The molecule has 0 radical (unpaired) electrons. The van der Waals surface area contributed by atoms with Gasteiger partial charge in [-0.25, -0.2) is 0 Å². The minimum atomic E-state index is 0.247. The Hall–Kier alpha value is -0.380. The molecule has 1 N–H and O–H groups in total. The topological polar surface area (TPSA) is 15.3 Å². The van der Waals surface area contributed by atoms with E-state index in [2.05, 4.69) is 71.2 Å². The van der Waals surface area contributed by atoms with Crippen LogP contribution in [-0.4, -0.2) is 30.1 Å². The molecule has 2 unspecified atom stereocenters. The van der Waals surface area contributed by atoms with Gasteiger partial charge in [-0.2, -0.15) is 0 Å². The summed E-state index contributed by atoms with van der Waals surface area (Å²) in [6.45, 7) is 10.4. The summed E-state index contributed by atoms with van der Waals surface area (Å²) >= 11 is 3.58. The van der Waals surface area contributed by atoms with Crippen LogP contribution in [0, 0.1) is 0 Å². The molecule has 1 fully saturated rings. The molecule has 0 saturated carbocycles. The number of rotatable bonds is 3. The molecule has 1 aromatic rings. The number of nitrogens with one attached hydrogen (secondary N) is 1. The molecule has 106 valence electrons. The van der Waals surface area contributed by atoms with Crippen molar-refractivity contribution < 1.29 is 0 Å². The molecule has 0 aliphatic carbocycles. The van der Waals surface area contributed by atoms with Gasteiger partial charge in [0.25, 0.3) is 0 Å². The molecule has 0 aromatic heterocycles. The second-order valence-corrected chi connectivity index (χ2v) is 6.81. The van der Waals surface area contributed by atoms with Crippen LogP contribution in [0.4, 0.5) is 0 Å². The largest absolute Gasteiger partial charge is 0.310 e. The highest BCUT2D eigenvalue weighted by Crippen LogP contribution is 2.27. The first-order valence-corrected chi connectivity index (χ1v) is 8.08. The highest BCUT2D eigenvalue weighted by atomic mass is 79.9. The van der Waals surface area contributed by atoms with Gasteiger partial charge >= 0.3 is 0 Å². The minimum absolute atomic E-state index is 0.247. The molecule has 1 aliphatic heterocycles. The molecule has 1 heterocycles. The van der Waals surface area contributed by atoms with E-state index in [1.807, 2.05) is 0 Å². The van der Waals surface area contributed by atoms with Crippen LogP contribution in [0.3, 0.4) is 0 Å². The third-order valence-electron chi connectivity index (χ3n) is 4.39. The molecular weight excluding hydrogens is 300 g/mol. The summed E-state index contributed by atoms with van der Waals surface area (Å²) in [6.07, 6.45) is 2.41. The standard InChI is InChI=1S/C16H25BrN2/c1-4-16(3)12-19(10-6-9-18-16)13(2)14-7-5-8-15(17)11-14/h5,7-8,11,13,18H,4,6,9-10,12H2,1-3H3. The highest BCUT2D eigenvalue weighted by molar-refractivity contribution is 9.10. The van der Waals surface area contributed by atoms with E-state index in [9.17, 15) is 0 Å². The molecule has 1 aromatic carbocycles. The maximum absolute atomic E-state index is 3.70. The molecule has 0 amide bonds. The van der Waals surface area contributed by atoms with Gasteiger partial charge in [0.1, 0.15) is 0 Å². The summed E-state index contributed by atoms with van der Waals surface area (Å²) < 4.78 is 1.17. The number of hydrogen-bond acceptors (Lipinski definition) is 2. The van der Waals surface area contributed by atoms with Crippen LogP contribution >= 0.6 is 15.9 Å². The fraction of sp³-hybridized carbons (Fsp3) is 0.625. The molecule has 2 atom stereocenters. The Kier molecular flexibility index (Phi) is 5.04. The number of benzene rings is 1. The molecule has 19 heavy (non-hydrogen) atoms. The Morgan fingerprint density at radius 2 is 2.26 bits per heavy atom. The van der Waals surface area contributed by atoms with Crippen LogP contribution in [-0.2, 0) is 0 Å². The van der Waals surface area contributed by atoms with E-state index in [0.29, 0.717) is 6.04 Å². The number of hydrogen-bond donors (Lipinski definition) is 1. The molecule has 1 saturated heterocycles. The van der Waals surface area contributed by atoms with Crippen LogP contribution < -0.4 is 5.32 Å². The molecule has 1 aliphatic rings. The third-order valence-corrected chi connectivity index (χ3v) is 4.88. The first-order valence-electron chi connectivity index (χ1n) is 7.28. The summed E-state index contributed by atoms with van der Waals surface area (Å²) in [5, 5.41) is 3.70. The van der Waals surface area contributed by atoms with Crippen molar-refractivity contribution in [2.45, 2.75) is 45.2 Å². The maximum Gasteiger partial charge on any atom is 0.0321 e. The minimum Gasteiger partial charge on any atom is -0.310 e. The van der Waals surface area contributed by atoms with E-state index in [1.165, 1.54) is 29.4 Å². The molecular formula is C16H25BrN2. The van der Waals surface area contributed by atoms with E-state index >= 15 is 0 Å². The van der Waals surface area contributed by atoms with Crippen molar-refractivity contribution in [1.82, 2.24) is 10.2 Å². The predicted molar refractivity (Wildman–Crippen MR) is 85.4 cm³/mol. The lowest BCUT2D eigenvalue weighted by Gasteiger charge is -2.36. The summed E-state index contributed by atoms with van der Waals surface area (Å²) in [5.74, 6) is 0. The van der Waals surface area contributed by atoms with Crippen molar-refractivity contribution in [3.8, 4) is 0 Å². The average molecular weight is 325 g/mol. The van der Waals surface area contributed by atoms with Gasteiger partial charge in [0.05, 0.1) is 0 Å². The Bertz CT molecular complexity index is 421. The van der Waals surface area contributed by atoms with Gasteiger partial charge in [0.15, 0.2) is 0 Å². The van der Waals surface area contributed by atoms with Crippen LogP contribution in [0.2, 0.25) is 0 Å². The lowest BCUT2D eigenvalue weighted by molar-refractivity contribution is 0.169. The number of nitrogens with zero attached hydrogens (tertiary/aromatic N) is 1.